The van der Waals surface area contributed by atoms with Crippen LogP contribution in [0.3, 0.4) is 0 Å². The first-order chi connectivity index (χ1) is 13.7. The van der Waals surface area contributed by atoms with Gasteiger partial charge in [0.25, 0.3) is 0 Å². The van der Waals surface area contributed by atoms with Crippen LogP contribution in [0.15, 0.2) is 77.6 Å². The van der Waals surface area contributed by atoms with E-state index >= 15 is 0 Å². The van der Waals surface area contributed by atoms with Crippen LogP contribution >= 0.6 is 24.8 Å². The number of hydrogen-bond donors (Lipinski definition) is 0. The van der Waals surface area contributed by atoms with Gasteiger partial charge >= 0.3 is 0 Å². The largest absolute Gasteiger partial charge is 0.497 e. The minimum atomic E-state index is -0.246. The maximum absolute atomic E-state index is 14.9. The molecule has 6 heteroatoms. The third kappa shape index (κ3) is 5.26. The second-order valence-electron chi connectivity index (χ2n) is 6.71. The number of halogens is 3. The molecule has 1 aliphatic rings. The summed E-state index contributed by atoms with van der Waals surface area (Å²) >= 11 is 0. The van der Waals surface area contributed by atoms with Gasteiger partial charge in [-0.15, -0.1) is 24.8 Å². The Hall–Kier alpha value is -2.69. The zero-order valence-electron chi connectivity index (χ0n) is 16.5. The van der Waals surface area contributed by atoms with Gasteiger partial charge in [-0.2, -0.15) is 0 Å². The van der Waals surface area contributed by atoms with Crippen LogP contribution < -0.4 is 4.74 Å². The lowest BCUT2D eigenvalue weighted by Gasteiger charge is -2.16. The second kappa shape index (κ2) is 10.9. The van der Waals surface area contributed by atoms with Crippen LogP contribution in [0.2, 0.25) is 0 Å². The molecule has 1 aliphatic heterocycles. The van der Waals surface area contributed by atoms with Gasteiger partial charge in [0.05, 0.1) is 12.8 Å². The van der Waals surface area contributed by atoms with Gasteiger partial charge in [-0.05, 0) is 65.9 Å². The van der Waals surface area contributed by atoms with Gasteiger partial charge in [-0.25, -0.2) is 4.39 Å². The van der Waals surface area contributed by atoms with E-state index in [4.69, 9.17) is 4.74 Å². The highest BCUT2D eigenvalue weighted by Crippen LogP contribution is 2.28. The Balaban J connectivity index is 0.00000160. The first kappa shape index (κ1) is 23.6. The van der Waals surface area contributed by atoms with Crippen molar-refractivity contribution in [3.05, 3.63) is 89.5 Å². The molecule has 0 N–H and O–H groups in total. The fourth-order valence-corrected chi connectivity index (χ4v) is 3.41. The summed E-state index contributed by atoms with van der Waals surface area (Å²) in [5.74, 6) is 0.507. The molecule has 3 nitrogen and oxygen atoms in total. The third-order valence-electron chi connectivity index (χ3n) is 4.85. The summed E-state index contributed by atoms with van der Waals surface area (Å²) in [6.07, 6.45) is 7.31. The van der Waals surface area contributed by atoms with Crippen LogP contribution in [0, 0.1) is 5.82 Å². The molecule has 0 spiro atoms. The van der Waals surface area contributed by atoms with E-state index < -0.39 is 0 Å². The van der Waals surface area contributed by atoms with Crippen molar-refractivity contribution in [1.82, 2.24) is 4.98 Å². The van der Waals surface area contributed by atoms with Crippen molar-refractivity contribution in [1.29, 1.82) is 0 Å². The predicted molar refractivity (Wildman–Crippen MR) is 126 cm³/mol. The van der Waals surface area contributed by atoms with Crippen molar-refractivity contribution in [2.75, 3.05) is 13.7 Å². The Kier molecular flexibility index (Phi) is 8.58. The summed E-state index contributed by atoms with van der Waals surface area (Å²) in [6, 6.07) is 16.9. The fraction of sp³-hybridized carbons (Fsp3) is 0.167. The molecule has 0 amide bonds. The van der Waals surface area contributed by atoms with Crippen LogP contribution in [0.4, 0.5) is 4.39 Å². The average Bonchev–Trinajstić information content (AvgIpc) is 2.76. The number of hydrogen-bond acceptors (Lipinski definition) is 3. The van der Waals surface area contributed by atoms with Crippen molar-refractivity contribution in [3.8, 4) is 16.9 Å². The normalized spacial score (nSPS) is 14.3. The molecule has 0 radical (unpaired) electrons. The van der Waals surface area contributed by atoms with E-state index in [1.807, 2.05) is 54.6 Å². The fourth-order valence-electron chi connectivity index (χ4n) is 3.41. The topological polar surface area (TPSA) is 34.5 Å². The summed E-state index contributed by atoms with van der Waals surface area (Å²) in [5, 5.41) is 0. The highest BCUT2D eigenvalue weighted by atomic mass is 35.5. The number of ether oxygens (including phenoxy) is 1. The van der Waals surface area contributed by atoms with Gasteiger partial charge in [-0.3, -0.25) is 9.98 Å². The van der Waals surface area contributed by atoms with Crippen LogP contribution in [0.1, 0.15) is 24.0 Å². The lowest BCUT2D eigenvalue weighted by molar-refractivity contribution is 0.415. The zero-order chi connectivity index (χ0) is 19.3. The summed E-state index contributed by atoms with van der Waals surface area (Å²) in [6.45, 7) is 0.791. The third-order valence-corrected chi connectivity index (χ3v) is 4.85. The summed E-state index contributed by atoms with van der Waals surface area (Å²) < 4.78 is 20.1. The molecule has 0 unspecified atom stereocenters. The lowest BCUT2D eigenvalue weighted by Crippen LogP contribution is -2.12. The molecule has 2 aromatic carbocycles. The molecule has 3 aromatic rings. The maximum atomic E-state index is 14.9. The number of methoxy groups -OCH3 is 1. The van der Waals surface area contributed by atoms with Crippen LogP contribution in [-0.2, 0) is 0 Å². The quantitative estimate of drug-likeness (QED) is 0.465. The number of allylic oxidation sites excluding steroid dienone is 1. The van der Waals surface area contributed by atoms with E-state index in [1.54, 1.807) is 25.6 Å². The molecule has 4 rings (SSSR count). The molecule has 0 saturated heterocycles. The van der Waals surface area contributed by atoms with E-state index in [0.717, 1.165) is 53.1 Å². The van der Waals surface area contributed by atoms with Crippen molar-refractivity contribution < 1.29 is 9.13 Å². The molecule has 0 saturated carbocycles. The highest BCUT2D eigenvalue weighted by molar-refractivity contribution is 6.15. The molecular weight excluding hydrogens is 422 g/mol. The predicted octanol–water partition coefficient (Wildman–Crippen LogP) is 6.41. The highest BCUT2D eigenvalue weighted by Gasteiger charge is 2.15. The minimum absolute atomic E-state index is 0. The Morgan fingerprint density at radius 1 is 0.967 bits per heavy atom. The number of aliphatic imine (C=N–C) groups is 1. The van der Waals surface area contributed by atoms with Crippen molar-refractivity contribution in [2.45, 2.75) is 12.8 Å². The first-order valence-electron chi connectivity index (χ1n) is 9.34. The smallest absolute Gasteiger partial charge is 0.131 e. The van der Waals surface area contributed by atoms with Crippen molar-refractivity contribution in [3.63, 3.8) is 0 Å². The maximum Gasteiger partial charge on any atom is 0.131 e. The zero-order valence-corrected chi connectivity index (χ0v) is 18.2. The van der Waals surface area contributed by atoms with E-state index in [0.29, 0.717) is 5.56 Å². The van der Waals surface area contributed by atoms with Gasteiger partial charge in [0.2, 0.25) is 0 Å². The molecule has 1 aromatic heterocycles. The van der Waals surface area contributed by atoms with E-state index in [-0.39, 0.29) is 30.6 Å². The van der Waals surface area contributed by atoms with Gasteiger partial charge in [-0.1, -0.05) is 24.3 Å². The van der Waals surface area contributed by atoms with Gasteiger partial charge < -0.3 is 4.74 Å². The average molecular weight is 445 g/mol. The number of nitrogens with zero attached hydrogens (tertiary/aromatic N) is 2. The minimum Gasteiger partial charge on any atom is -0.497 e. The van der Waals surface area contributed by atoms with Crippen LogP contribution in [-0.4, -0.2) is 24.4 Å². The number of benzene rings is 2. The first-order valence-corrected chi connectivity index (χ1v) is 9.34. The van der Waals surface area contributed by atoms with Gasteiger partial charge in [0, 0.05) is 30.1 Å². The second-order valence-corrected chi connectivity index (χ2v) is 6.71. The molecule has 2 heterocycles. The molecular formula is C24H23Cl2FN2O. The summed E-state index contributed by atoms with van der Waals surface area (Å²) in [5.41, 5.74) is 5.25. The van der Waals surface area contributed by atoms with Gasteiger partial charge in [0.15, 0.2) is 0 Å². The molecule has 0 fully saturated rings. The molecule has 156 valence electrons. The summed E-state index contributed by atoms with van der Waals surface area (Å²) in [7, 11) is 1.63. The Labute approximate surface area is 188 Å². The Morgan fingerprint density at radius 3 is 2.50 bits per heavy atom. The lowest BCUT2D eigenvalue weighted by atomic mass is 9.94. The number of rotatable bonds is 4. The summed E-state index contributed by atoms with van der Waals surface area (Å²) in [4.78, 5) is 8.85. The molecule has 0 aliphatic carbocycles. The number of aromatic nitrogens is 1. The molecule has 0 bridgehead atoms. The standard InChI is InChI=1S/C24H21FN2O.2ClH/c1-28-22-8-2-5-17(14-22)18-9-10-19(23(25)15-18)13-20-6-4-12-27-24(20)21-7-3-11-26-16-21;;/h2-3,5,7-11,13-16H,4,6,12H2,1H3;2*1H/b20-13-;;. The molecule has 30 heavy (non-hydrogen) atoms. The van der Waals surface area contributed by atoms with Crippen LogP contribution in [0.25, 0.3) is 17.2 Å². The van der Waals surface area contributed by atoms with Crippen LogP contribution in [0.5, 0.6) is 5.75 Å². The van der Waals surface area contributed by atoms with E-state index in [1.165, 1.54) is 0 Å². The van der Waals surface area contributed by atoms with E-state index in [2.05, 4.69) is 9.98 Å². The SMILES string of the molecule is COc1cccc(-c2ccc(/C=C3/CCCN=C3c3cccnc3)c(F)c2)c1.Cl.Cl. The molecule has 0 atom stereocenters. The van der Waals surface area contributed by atoms with Crippen molar-refractivity contribution >= 4 is 36.6 Å². The number of pyridine rings is 1. The van der Waals surface area contributed by atoms with Gasteiger partial charge in [0.1, 0.15) is 11.6 Å². The monoisotopic (exact) mass is 444 g/mol. The van der Waals surface area contributed by atoms with Crippen molar-refractivity contribution in [2.24, 2.45) is 4.99 Å². The Bertz CT molecular complexity index is 1050. The Morgan fingerprint density at radius 2 is 1.77 bits per heavy atom. The van der Waals surface area contributed by atoms with E-state index in [9.17, 15) is 4.39 Å².